The molecule has 1 atom stereocenters. The van der Waals surface area contributed by atoms with E-state index in [1.165, 1.54) is 4.90 Å². The molecule has 1 aromatic heterocycles. The van der Waals surface area contributed by atoms with Gasteiger partial charge < -0.3 is 10.2 Å². The van der Waals surface area contributed by atoms with Crippen LogP contribution in [0.5, 0.6) is 0 Å². The van der Waals surface area contributed by atoms with Crippen molar-refractivity contribution in [3.05, 3.63) is 30.3 Å². The number of rotatable bonds is 3. The maximum atomic E-state index is 11.8. The molecule has 6 nitrogen and oxygen atoms in total. The number of hydrogen-bond acceptors (Lipinski definition) is 5. The molecule has 1 unspecified atom stereocenters. The van der Waals surface area contributed by atoms with Gasteiger partial charge in [0.15, 0.2) is 0 Å². The molecule has 1 saturated heterocycles. The first-order chi connectivity index (χ1) is 9.28. The molecule has 6 heteroatoms. The maximum Gasteiger partial charge on any atom is 0.325 e. The molecule has 1 fully saturated rings. The molecule has 0 aliphatic carbocycles. The van der Waals surface area contributed by atoms with Crippen molar-refractivity contribution >= 4 is 11.9 Å². The average molecular weight is 258 g/mol. The molecule has 2 N–H and O–H groups in total. The smallest absolute Gasteiger partial charge is 0.325 e. The number of hydrogen-bond donors (Lipinski definition) is 1. The molecule has 2 aromatic rings. The Morgan fingerprint density at radius 3 is 2.79 bits per heavy atom. The fourth-order valence-corrected chi connectivity index (χ4v) is 2.15. The highest BCUT2D eigenvalue weighted by Gasteiger charge is 2.33. The minimum atomic E-state index is -0.0151. The van der Waals surface area contributed by atoms with Crippen LogP contribution in [0.3, 0.4) is 0 Å². The third-order valence-corrected chi connectivity index (χ3v) is 3.20. The van der Waals surface area contributed by atoms with Crippen LogP contribution in [0.25, 0.3) is 11.5 Å². The third kappa shape index (κ3) is 2.22. The Hall–Kier alpha value is -2.21. The van der Waals surface area contributed by atoms with Crippen LogP contribution in [0.4, 0.5) is 6.01 Å². The Kier molecular flexibility index (Phi) is 3.00. The summed E-state index contributed by atoms with van der Waals surface area (Å²) < 4.78 is 5.56. The summed E-state index contributed by atoms with van der Waals surface area (Å²) in [6, 6.07) is 9.71. The van der Waals surface area contributed by atoms with E-state index in [0.29, 0.717) is 25.4 Å². The predicted octanol–water partition coefficient (Wildman–Crippen LogP) is 1.05. The lowest BCUT2D eigenvalue weighted by molar-refractivity contribution is -0.117. The van der Waals surface area contributed by atoms with Crippen LogP contribution in [-0.4, -0.2) is 29.2 Å². The van der Waals surface area contributed by atoms with Crippen molar-refractivity contribution in [1.82, 2.24) is 10.2 Å². The molecule has 98 valence electrons. The van der Waals surface area contributed by atoms with Gasteiger partial charge in [0.2, 0.25) is 11.8 Å². The maximum absolute atomic E-state index is 11.8. The molecule has 1 aliphatic heterocycles. The quantitative estimate of drug-likeness (QED) is 0.889. The van der Waals surface area contributed by atoms with E-state index in [1.54, 1.807) is 0 Å². The van der Waals surface area contributed by atoms with Crippen LogP contribution < -0.4 is 10.6 Å². The summed E-state index contributed by atoms with van der Waals surface area (Å²) in [4.78, 5) is 13.3. The first kappa shape index (κ1) is 11.9. The minimum absolute atomic E-state index is 0.0151. The Balaban J connectivity index is 1.84. The standard InChI is InChI=1S/C13H14N4O2/c14-7-9-6-11(18)17(8-9)13-16-15-12(19-13)10-4-2-1-3-5-10/h1-5,9H,6-8,14H2. The molecule has 1 aromatic carbocycles. The van der Waals surface area contributed by atoms with Gasteiger partial charge in [-0.2, -0.15) is 0 Å². The Morgan fingerprint density at radius 1 is 1.32 bits per heavy atom. The van der Waals surface area contributed by atoms with Crippen molar-refractivity contribution in [2.75, 3.05) is 18.0 Å². The lowest BCUT2D eigenvalue weighted by Crippen LogP contribution is -2.26. The Morgan fingerprint density at radius 2 is 2.11 bits per heavy atom. The van der Waals surface area contributed by atoms with Gasteiger partial charge in [0, 0.05) is 18.5 Å². The number of benzene rings is 1. The zero-order valence-electron chi connectivity index (χ0n) is 10.3. The second kappa shape index (κ2) is 4.81. The lowest BCUT2D eigenvalue weighted by Gasteiger charge is -2.09. The van der Waals surface area contributed by atoms with Crippen molar-refractivity contribution in [2.45, 2.75) is 6.42 Å². The predicted molar refractivity (Wildman–Crippen MR) is 69.2 cm³/mol. The molecule has 2 heterocycles. The van der Waals surface area contributed by atoms with Crippen LogP contribution in [0.2, 0.25) is 0 Å². The molecular weight excluding hydrogens is 244 g/mol. The number of anilines is 1. The summed E-state index contributed by atoms with van der Waals surface area (Å²) in [5, 5.41) is 7.92. The van der Waals surface area contributed by atoms with Gasteiger partial charge >= 0.3 is 6.01 Å². The summed E-state index contributed by atoms with van der Waals surface area (Å²) in [5.74, 6) is 0.567. The summed E-state index contributed by atoms with van der Waals surface area (Å²) in [7, 11) is 0. The summed E-state index contributed by atoms with van der Waals surface area (Å²) in [6.45, 7) is 1.04. The monoisotopic (exact) mass is 258 g/mol. The van der Waals surface area contributed by atoms with E-state index in [2.05, 4.69) is 10.2 Å². The first-order valence-corrected chi connectivity index (χ1v) is 6.17. The summed E-state index contributed by atoms with van der Waals surface area (Å²) in [6.07, 6.45) is 0.444. The van der Waals surface area contributed by atoms with Gasteiger partial charge in [0.1, 0.15) is 0 Å². The van der Waals surface area contributed by atoms with Crippen LogP contribution in [0.15, 0.2) is 34.7 Å². The minimum Gasteiger partial charge on any atom is -0.403 e. The van der Waals surface area contributed by atoms with Crippen molar-refractivity contribution in [1.29, 1.82) is 0 Å². The summed E-state index contributed by atoms with van der Waals surface area (Å²) >= 11 is 0. The van der Waals surface area contributed by atoms with E-state index in [-0.39, 0.29) is 17.8 Å². The van der Waals surface area contributed by atoms with Crippen molar-refractivity contribution in [3.63, 3.8) is 0 Å². The molecular formula is C13H14N4O2. The number of nitrogens with zero attached hydrogens (tertiary/aromatic N) is 3. The van der Waals surface area contributed by atoms with E-state index >= 15 is 0 Å². The number of aromatic nitrogens is 2. The highest BCUT2D eigenvalue weighted by atomic mass is 16.4. The van der Waals surface area contributed by atoms with Gasteiger partial charge in [-0.25, -0.2) is 0 Å². The number of nitrogens with two attached hydrogens (primary N) is 1. The Bertz CT molecular complexity index is 581. The normalized spacial score (nSPS) is 19.1. The molecule has 0 radical (unpaired) electrons. The number of carbonyl (C=O) groups excluding carboxylic acids is 1. The largest absolute Gasteiger partial charge is 0.403 e. The van der Waals surface area contributed by atoms with E-state index in [4.69, 9.17) is 10.2 Å². The van der Waals surface area contributed by atoms with Gasteiger partial charge in [-0.3, -0.25) is 9.69 Å². The fraction of sp³-hybridized carbons (Fsp3) is 0.308. The molecule has 3 rings (SSSR count). The van der Waals surface area contributed by atoms with Crippen molar-refractivity contribution < 1.29 is 9.21 Å². The van der Waals surface area contributed by atoms with E-state index in [0.717, 1.165) is 5.56 Å². The molecule has 1 aliphatic rings. The van der Waals surface area contributed by atoms with Crippen LogP contribution in [0.1, 0.15) is 6.42 Å². The van der Waals surface area contributed by atoms with Gasteiger partial charge in [-0.05, 0) is 24.6 Å². The van der Waals surface area contributed by atoms with Gasteiger partial charge in [-0.1, -0.05) is 23.3 Å². The zero-order chi connectivity index (χ0) is 13.2. The van der Waals surface area contributed by atoms with Crippen LogP contribution in [0, 0.1) is 5.92 Å². The molecule has 0 saturated carbocycles. The van der Waals surface area contributed by atoms with E-state index in [9.17, 15) is 4.79 Å². The molecule has 1 amide bonds. The topological polar surface area (TPSA) is 85.3 Å². The second-order valence-electron chi connectivity index (χ2n) is 4.57. The average Bonchev–Trinajstić information content (AvgIpc) is 3.06. The zero-order valence-corrected chi connectivity index (χ0v) is 10.3. The fourth-order valence-electron chi connectivity index (χ4n) is 2.15. The van der Waals surface area contributed by atoms with E-state index in [1.807, 2.05) is 30.3 Å². The van der Waals surface area contributed by atoms with Crippen LogP contribution in [-0.2, 0) is 4.79 Å². The molecule has 0 bridgehead atoms. The summed E-state index contributed by atoms with van der Waals surface area (Å²) in [5.41, 5.74) is 6.42. The number of amides is 1. The molecule has 0 spiro atoms. The highest BCUT2D eigenvalue weighted by Crippen LogP contribution is 2.26. The second-order valence-corrected chi connectivity index (χ2v) is 4.57. The first-order valence-electron chi connectivity index (χ1n) is 6.17. The number of carbonyl (C=O) groups is 1. The van der Waals surface area contributed by atoms with Gasteiger partial charge in [0.25, 0.3) is 0 Å². The molecule has 19 heavy (non-hydrogen) atoms. The van der Waals surface area contributed by atoms with Crippen molar-refractivity contribution in [3.8, 4) is 11.5 Å². The van der Waals surface area contributed by atoms with Gasteiger partial charge in [-0.15, -0.1) is 5.10 Å². The van der Waals surface area contributed by atoms with Gasteiger partial charge in [0.05, 0.1) is 0 Å². The Labute approximate surface area is 110 Å². The lowest BCUT2D eigenvalue weighted by atomic mass is 10.1. The SMILES string of the molecule is NCC1CC(=O)N(c2nnc(-c3ccccc3)o2)C1. The third-order valence-electron chi connectivity index (χ3n) is 3.20. The van der Waals surface area contributed by atoms with Crippen molar-refractivity contribution in [2.24, 2.45) is 11.7 Å². The van der Waals surface area contributed by atoms with E-state index < -0.39 is 0 Å². The van der Waals surface area contributed by atoms with Crippen LogP contribution >= 0.6 is 0 Å². The highest BCUT2D eigenvalue weighted by molar-refractivity contribution is 5.93.